The fourth-order valence-corrected chi connectivity index (χ4v) is 4.00. The monoisotopic (exact) mass is 482 g/mol. The molecule has 0 fully saturated rings. The number of aromatic nitrogens is 1. The minimum absolute atomic E-state index is 0.0330. The fourth-order valence-electron chi connectivity index (χ4n) is 4.00. The Balaban J connectivity index is 1.94. The number of nitriles is 1. The van der Waals surface area contributed by atoms with Gasteiger partial charge in [-0.15, -0.1) is 0 Å². The lowest BCUT2D eigenvalue weighted by molar-refractivity contribution is -0.139. The first-order valence-electron chi connectivity index (χ1n) is 10.8. The Hall–Kier alpha value is -5.10. The van der Waals surface area contributed by atoms with Crippen molar-refractivity contribution in [2.24, 2.45) is 5.73 Å². The third kappa shape index (κ3) is 4.48. The van der Waals surface area contributed by atoms with Gasteiger partial charge in [-0.25, -0.2) is 14.6 Å². The molecule has 1 atom stereocenters. The Labute approximate surface area is 207 Å². The molecule has 9 heteroatoms. The SMILES string of the molecule is COC(=O)C1=C(C(=O)OC)N(c2cccc(Oc3ccccn3)c2)C(N)=C(C#N)C1c1ccccc1. The van der Waals surface area contributed by atoms with Crippen LogP contribution in [0.1, 0.15) is 11.5 Å². The number of benzene rings is 2. The summed E-state index contributed by atoms with van der Waals surface area (Å²) in [6, 6.07) is 22.8. The number of nitrogens with zero attached hydrogens (tertiary/aromatic N) is 3. The van der Waals surface area contributed by atoms with Crippen LogP contribution in [0, 0.1) is 11.3 Å². The molecule has 36 heavy (non-hydrogen) atoms. The van der Waals surface area contributed by atoms with Crippen molar-refractivity contribution in [3.05, 3.63) is 107 Å². The number of hydrogen-bond acceptors (Lipinski definition) is 9. The van der Waals surface area contributed by atoms with E-state index in [1.807, 2.05) is 0 Å². The van der Waals surface area contributed by atoms with Crippen LogP contribution >= 0.6 is 0 Å². The number of allylic oxidation sites excluding steroid dienone is 1. The quantitative estimate of drug-likeness (QED) is 0.522. The van der Waals surface area contributed by atoms with Crippen LogP contribution in [0.25, 0.3) is 0 Å². The predicted molar refractivity (Wildman–Crippen MR) is 130 cm³/mol. The van der Waals surface area contributed by atoms with Crippen LogP contribution in [0.15, 0.2) is 102 Å². The highest BCUT2D eigenvalue weighted by Crippen LogP contribution is 2.43. The van der Waals surface area contributed by atoms with Gasteiger partial charge < -0.3 is 19.9 Å². The number of carbonyl (C=O) groups excluding carboxylic acids is 2. The van der Waals surface area contributed by atoms with Crippen molar-refractivity contribution >= 4 is 17.6 Å². The number of esters is 2. The molecule has 0 radical (unpaired) electrons. The molecule has 1 aromatic heterocycles. The molecule has 180 valence electrons. The van der Waals surface area contributed by atoms with Crippen molar-refractivity contribution in [1.82, 2.24) is 4.98 Å². The molecule has 0 aliphatic carbocycles. The summed E-state index contributed by atoms with van der Waals surface area (Å²) < 4.78 is 15.9. The number of methoxy groups -OCH3 is 2. The number of rotatable bonds is 6. The summed E-state index contributed by atoms with van der Waals surface area (Å²) in [4.78, 5) is 31.7. The zero-order chi connectivity index (χ0) is 25.7. The van der Waals surface area contributed by atoms with Gasteiger partial charge in [-0.1, -0.05) is 42.5 Å². The molecule has 9 nitrogen and oxygen atoms in total. The predicted octanol–water partition coefficient (Wildman–Crippen LogP) is 3.77. The van der Waals surface area contributed by atoms with E-state index in [0.717, 1.165) is 0 Å². The number of pyridine rings is 1. The molecule has 2 aromatic carbocycles. The van der Waals surface area contributed by atoms with E-state index in [2.05, 4.69) is 11.1 Å². The molecule has 1 aliphatic rings. The van der Waals surface area contributed by atoms with Gasteiger partial charge in [0.2, 0.25) is 5.88 Å². The number of anilines is 1. The summed E-state index contributed by atoms with van der Waals surface area (Å²) in [5, 5.41) is 10.1. The van der Waals surface area contributed by atoms with Crippen molar-refractivity contribution in [3.63, 3.8) is 0 Å². The maximum atomic E-state index is 13.1. The van der Waals surface area contributed by atoms with Gasteiger partial charge >= 0.3 is 11.9 Å². The molecule has 0 saturated heterocycles. The molecule has 1 aliphatic heterocycles. The minimum Gasteiger partial charge on any atom is -0.466 e. The molecule has 4 rings (SSSR count). The molecular weight excluding hydrogens is 460 g/mol. The molecule has 2 heterocycles. The van der Waals surface area contributed by atoms with Crippen molar-refractivity contribution in [3.8, 4) is 17.7 Å². The van der Waals surface area contributed by atoms with E-state index in [9.17, 15) is 14.9 Å². The normalized spacial score (nSPS) is 15.2. The van der Waals surface area contributed by atoms with E-state index in [1.165, 1.54) is 19.1 Å². The van der Waals surface area contributed by atoms with Crippen LogP contribution in [0.2, 0.25) is 0 Å². The van der Waals surface area contributed by atoms with Gasteiger partial charge in [-0.2, -0.15) is 5.26 Å². The minimum atomic E-state index is -0.943. The molecular formula is C27H22N4O5. The van der Waals surface area contributed by atoms with Crippen LogP contribution in [-0.4, -0.2) is 31.1 Å². The van der Waals surface area contributed by atoms with Gasteiger partial charge in [-0.05, 0) is 23.8 Å². The maximum absolute atomic E-state index is 13.1. The fraction of sp³-hybridized carbons (Fsp3) is 0.111. The van der Waals surface area contributed by atoms with Crippen LogP contribution in [-0.2, 0) is 19.1 Å². The first kappa shape index (κ1) is 24.0. The van der Waals surface area contributed by atoms with E-state index < -0.39 is 17.9 Å². The van der Waals surface area contributed by atoms with Crippen LogP contribution in [0.3, 0.4) is 0 Å². The van der Waals surface area contributed by atoms with Crippen molar-refractivity contribution < 1.29 is 23.8 Å². The number of hydrogen-bond donors (Lipinski definition) is 1. The summed E-state index contributed by atoms with van der Waals surface area (Å²) >= 11 is 0. The summed E-state index contributed by atoms with van der Waals surface area (Å²) in [5.74, 6) is -1.84. The second kappa shape index (κ2) is 10.4. The standard InChI is InChI=1S/C27H22N4O5/c1-34-26(32)23-22(17-9-4-3-5-10-17)20(16-28)25(29)31(24(23)27(33)35-2)18-11-8-12-19(15-18)36-21-13-6-7-14-30-21/h3-15,22H,29H2,1-2H3. The summed E-state index contributed by atoms with van der Waals surface area (Å²) in [7, 11) is 2.39. The summed E-state index contributed by atoms with van der Waals surface area (Å²) in [6.45, 7) is 0. The maximum Gasteiger partial charge on any atom is 0.355 e. The Morgan fingerprint density at radius 3 is 2.33 bits per heavy atom. The second-order valence-electron chi connectivity index (χ2n) is 7.60. The topological polar surface area (TPSA) is 128 Å². The van der Waals surface area contributed by atoms with E-state index in [1.54, 1.807) is 79.0 Å². The molecule has 2 N–H and O–H groups in total. The Morgan fingerprint density at radius 1 is 0.972 bits per heavy atom. The van der Waals surface area contributed by atoms with Gasteiger partial charge in [0.15, 0.2) is 0 Å². The second-order valence-corrected chi connectivity index (χ2v) is 7.60. The largest absolute Gasteiger partial charge is 0.466 e. The highest BCUT2D eigenvalue weighted by molar-refractivity contribution is 6.06. The Morgan fingerprint density at radius 2 is 1.69 bits per heavy atom. The molecule has 0 amide bonds. The summed E-state index contributed by atoms with van der Waals surface area (Å²) in [5.41, 5.74) is 7.31. The molecule has 0 saturated carbocycles. The van der Waals surface area contributed by atoms with Crippen molar-refractivity contribution in [2.75, 3.05) is 19.1 Å². The Kier molecular flexibility index (Phi) is 6.97. The van der Waals surface area contributed by atoms with Gasteiger partial charge in [0.25, 0.3) is 0 Å². The first-order chi connectivity index (χ1) is 17.5. The average molecular weight is 482 g/mol. The third-order valence-corrected chi connectivity index (χ3v) is 5.55. The van der Waals surface area contributed by atoms with Gasteiger partial charge in [0.05, 0.1) is 43.0 Å². The van der Waals surface area contributed by atoms with Gasteiger partial charge in [0, 0.05) is 18.3 Å². The Bertz CT molecular complexity index is 1390. The third-order valence-electron chi connectivity index (χ3n) is 5.55. The van der Waals surface area contributed by atoms with E-state index >= 15 is 0 Å². The number of nitrogens with two attached hydrogens (primary N) is 1. The van der Waals surface area contributed by atoms with E-state index in [0.29, 0.717) is 22.9 Å². The lowest BCUT2D eigenvalue weighted by Crippen LogP contribution is -2.40. The molecule has 0 spiro atoms. The zero-order valence-electron chi connectivity index (χ0n) is 19.5. The zero-order valence-corrected chi connectivity index (χ0v) is 19.5. The smallest absolute Gasteiger partial charge is 0.355 e. The highest BCUT2D eigenvalue weighted by Gasteiger charge is 2.43. The van der Waals surface area contributed by atoms with Crippen LogP contribution in [0.5, 0.6) is 11.6 Å². The number of ether oxygens (including phenoxy) is 3. The van der Waals surface area contributed by atoms with E-state index in [-0.39, 0.29) is 22.7 Å². The average Bonchev–Trinajstić information content (AvgIpc) is 2.92. The van der Waals surface area contributed by atoms with Crippen LogP contribution < -0.4 is 15.4 Å². The molecule has 0 bridgehead atoms. The van der Waals surface area contributed by atoms with E-state index in [4.69, 9.17) is 19.9 Å². The molecule has 3 aromatic rings. The van der Waals surface area contributed by atoms with Gasteiger partial charge in [0.1, 0.15) is 17.3 Å². The van der Waals surface area contributed by atoms with Crippen LogP contribution in [0.4, 0.5) is 5.69 Å². The lowest BCUT2D eigenvalue weighted by atomic mass is 9.81. The lowest BCUT2D eigenvalue weighted by Gasteiger charge is -2.36. The molecule has 1 unspecified atom stereocenters. The summed E-state index contributed by atoms with van der Waals surface area (Å²) in [6.07, 6.45) is 1.59. The first-order valence-corrected chi connectivity index (χ1v) is 10.8. The number of carbonyl (C=O) groups is 2. The van der Waals surface area contributed by atoms with Crippen molar-refractivity contribution in [1.29, 1.82) is 5.26 Å². The van der Waals surface area contributed by atoms with Gasteiger partial charge in [-0.3, -0.25) is 4.90 Å². The highest BCUT2D eigenvalue weighted by atomic mass is 16.5. The van der Waals surface area contributed by atoms with Crippen molar-refractivity contribution in [2.45, 2.75) is 5.92 Å².